The van der Waals surface area contributed by atoms with Gasteiger partial charge in [0.25, 0.3) is 5.91 Å². The first-order chi connectivity index (χ1) is 11.1. The maximum atomic E-state index is 12.5. The van der Waals surface area contributed by atoms with Crippen LogP contribution < -0.4 is 0 Å². The van der Waals surface area contributed by atoms with Crippen molar-refractivity contribution in [2.24, 2.45) is 5.92 Å². The molecule has 0 bridgehead atoms. The molecular formula is C17H15Br2NO2S. The molecule has 1 amide bonds. The van der Waals surface area contributed by atoms with Crippen molar-refractivity contribution in [3.63, 3.8) is 0 Å². The van der Waals surface area contributed by atoms with Gasteiger partial charge in [-0.2, -0.15) is 0 Å². The molecule has 1 aliphatic heterocycles. The number of hydrogen-bond acceptors (Lipinski definition) is 3. The van der Waals surface area contributed by atoms with Crippen molar-refractivity contribution in [3.8, 4) is 0 Å². The molecule has 1 fully saturated rings. The first-order valence-electron chi connectivity index (χ1n) is 7.39. The van der Waals surface area contributed by atoms with Gasteiger partial charge in [0.15, 0.2) is 5.78 Å². The van der Waals surface area contributed by atoms with Crippen LogP contribution in [-0.2, 0) is 0 Å². The largest absolute Gasteiger partial charge is 0.338 e. The highest BCUT2D eigenvalue weighted by molar-refractivity contribution is 9.13. The number of benzene rings is 1. The minimum absolute atomic E-state index is 0.0169. The van der Waals surface area contributed by atoms with Crippen LogP contribution in [0.4, 0.5) is 0 Å². The Morgan fingerprint density at radius 1 is 1.09 bits per heavy atom. The van der Waals surface area contributed by atoms with Crippen molar-refractivity contribution < 1.29 is 9.59 Å². The number of rotatable bonds is 3. The van der Waals surface area contributed by atoms with Crippen LogP contribution in [0.1, 0.15) is 32.9 Å². The Morgan fingerprint density at radius 2 is 1.74 bits per heavy atom. The molecule has 0 atom stereocenters. The molecule has 1 aliphatic rings. The van der Waals surface area contributed by atoms with Crippen molar-refractivity contribution in [2.45, 2.75) is 12.8 Å². The number of likely N-dealkylation sites (tertiary alicyclic amines) is 1. The molecule has 0 unspecified atom stereocenters. The van der Waals surface area contributed by atoms with E-state index in [2.05, 4.69) is 31.9 Å². The van der Waals surface area contributed by atoms with Crippen LogP contribution in [0.3, 0.4) is 0 Å². The van der Waals surface area contributed by atoms with Gasteiger partial charge in [-0.25, -0.2) is 0 Å². The van der Waals surface area contributed by atoms with Crippen molar-refractivity contribution >= 4 is 54.9 Å². The fourth-order valence-electron chi connectivity index (χ4n) is 2.79. The summed E-state index contributed by atoms with van der Waals surface area (Å²) >= 11 is 8.26. The van der Waals surface area contributed by atoms with Gasteiger partial charge in [-0.05, 0) is 50.8 Å². The molecule has 3 nitrogen and oxygen atoms in total. The zero-order valence-electron chi connectivity index (χ0n) is 12.3. The van der Waals surface area contributed by atoms with Crippen molar-refractivity contribution in [1.29, 1.82) is 0 Å². The number of nitrogens with zero attached hydrogens (tertiary/aromatic N) is 1. The molecular weight excluding hydrogens is 442 g/mol. The van der Waals surface area contributed by atoms with Crippen LogP contribution in [0.5, 0.6) is 0 Å². The number of carbonyl (C=O) groups is 2. The van der Waals surface area contributed by atoms with Crippen LogP contribution in [0.25, 0.3) is 0 Å². The number of halogens is 2. The number of amides is 1. The van der Waals surface area contributed by atoms with Crippen molar-refractivity contribution in [3.05, 3.63) is 55.1 Å². The molecule has 0 aliphatic carbocycles. The van der Waals surface area contributed by atoms with Gasteiger partial charge >= 0.3 is 0 Å². The summed E-state index contributed by atoms with van der Waals surface area (Å²) < 4.78 is 1.83. The smallest absolute Gasteiger partial charge is 0.264 e. The molecule has 6 heteroatoms. The predicted molar refractivity (Wildman–Crippen MR) is 99.1 cm³/mol. The summed E-state index contributed by atoms with van der Waals surface area (Å²) in [4.78, 5) is 27.6. The summed E-state index contributed by atoms with van der Waals surface area (Å²) in [5.74, 6) is 0.259. The molecule has 2 aromatic rings. The first kappa shape index (κ1) is 16.9. The normalized spacial score (nSPS) is 15.7. The number of piperidine rings is 1. The van der Waals surface area contributed by atoms with E-state index in [0.717, 1.165) is 31.5 Å². The van der Waals surface area contributed by atoms with Crippen LogP contribution in [0.15, 0.2) is 44.7 Å². The minimum Gasteiger partial charge on any atom is -0.338 e. The molecule has 120 valence electrons. The monoisotopic (exact) mass is 455 g/mol. The van der Waals surface area contributed by atoms with Crippen molar-refractivity contribution in [2.75, 3.05) is 13.1 Å². The van der Waals surface area contributed by atoms with Gasteiger partial charge in [0, 0.05) is 29.0 Å². The van der Waals surface area contributed by atoms with Gasteiger partial charge in [-0.3, -0.25) is 9.59 Å². The highest BCUT2D eigenvalue weighted by atomic mass is 79.9. The van der Waals surface area contributed by atoms with E-state index in [0.29, 0.717) is 13.1 Å². The Labute approximate surface area is 155 Å². The van der Waals surface area contributed by atoms with E-state index < -0.39 is 0 Å². The lowest BCUT2D eigenvalue weighted by atomic mass is 9.89. The highest BCUT2D eigenvalue weighted by Gasteiger charge is 2.29. The second-order valence-corrected chi connectivity index (χ2v) is 8.75. The number of thiophene rings is 1. The lowest BCUT2D eigenvalue weighted by molar-refractivity contribution is 0.0654. The lowest BCUT2D eigenvalue weighted by Crippen LogP contribution is -2.40. The Balaban J connectivity index is 1.62. The summed E-state index contributed by atoms with van der Waals surface area (Å²) in [5.41, 5.74) is 0.767. The fraction of sp³-hybridized carbons (Fsp3) is 0.294. The molecule has 0 radical (unpaired) electrons. The third-order valence-corrected chi connectivity index (χ3v) is 7.31. The SMILES string of the molecule is O=C(c1ccccc1)C1CCN(C(=O)c2cc(Br)c(Br)s2)CC1. The van der Waals surface area contributed by atoms with Gasteiger partial charge in [-0.15, -0.1) is 11.3 Å². The van der Waals surface area contributed by atoms with E-state index >= 15 is 0 Å². The van der Waals surface area contributed by atoms with Crippen molar-refractivity contribution in [1.82, 2.24) is 4.90 Å². The molecule has 1 saturated heterocycles. The van der Waals surface area contributed by atoms with Gasteiger partial charge in [-0.1, -0.05) is 30.3 Å². The number of carbonyl (C=O) groups excluding carboxylic acids is 2. The zero-order chi connectivity index (χ0) is 16.4. The second kappa shape index (κ2) is 7.28. The summed E-state index contributed by atoms with van der Waals surface area (Å²) in [7, 11) is 0. The van der Waals surface area contributed by atoms with Gasteiger partial charge < -0.3 is 4.90 Å². The van der Waals surface area contributed by atoms with E-state index in [1.807, 2.05) is 41.3 Å². The third kappa shape index (κ3) is 3.75. The quantitative estimate of drug-likeness (QED) is 0.609. The number of ketones is 1. The van der Waals surface area contributed by atoms with Gasteiger partial charge in [0.1, 0.15) is 0 Å². The molecule has 0 N–H and O–H groups in total. The lowest BCUT2D eigenvalue weighted by Gasteiger charge is -2.31. The molecule has 2 heterocycles. The summed E-state index contributed by atoms with van der Waals surface area (Å²) in [5, 5.41) is 0. The molecule has 1 aromatic carbocycles. The van der Waals surface area contributed by atoms with Crippen LogP contribution >= 0.6 is 43.2 Å². The molecule has 0 saturated carbocycles. The molecule has 3 rings (SSSR count). The molecule has 0 spiro atoms. The Hall–Kier alpha value is -0.980. The van der Waals surface area contributed by atoms with E-state index in [4.69, 9.17) is 0 Å². The summed E-state index contributed by atoms with van der Waals surface area (Å²) in [6.07, 6.45) is 1.46. The van der Waals surface area contributed by atoms with Crippen LogP contribution in [-0.4, -0.2) is 29.7 Å². The molecule has 1 aromatic heterocycles. The molecule has 23 heavy (non-hydrogen) atoms. The maximum absolute atomic E-state index is 12.5. The third-order valence-electron chi connectivity index (χ3n) is 4.07. The van der Waals surface area contributed by atoms with Gasteiger partial charge in [0.05, 0.1) is 8.66 Å². The topological polar surface area (TPSA) is 37.4 Å². The zero-order valence-corrected chi connectivity index (χ0v) is 16.3. The maximum Gasteiger partial charge on any atom is 0.264 e. The summed E-state index contributed by atoms with van der Waals surface area (Å²) in [6, 6.07) is 11.3. The Morgan fingerprint density at radius 3 is 2.30 bits per heavy atom. The average molecular weight is 457 g/mol. The van der Waals surface area contributed by atoms with Crippen LogP contribution in [0.2, 0.25) is 0 Å². The van der Waals surface area contributed by atoms with Gasteiger partial charge in [0.2, 0.25) is 0 Å². The first-order valence-corrected chi connectivity index (χ1v) is 9.80. The Bertz CT molecular complexity index is 702. The fourth-order valence-corrected chi connectivity index (χ4v) is 4.79. The minimum atomic E-state index is 0.0169. The summed E-state index contributed by atoms with van der Waals surface area (Å²) in [6.45, 7) is 1.27. The Kier molecular flexibility index (Phi) is 5.34. The number of Topliss-reactive ketones (excluding diaryl/α,β-unsaturated/α-hetero) is 1. The predicted octanol–water partition coefficient (Wildman–Crippen LogP) is 5.01. The van der Waals surface area contributed by atoms with E-state index in [9.17, 15) is 9.59 Å². The van der Waals surface area contributed by atoms with E-state index in [-0.39, 0.29) is 17.6 Å². The van der Waals surface area contributed by atoms with E-state index in [1.165, 1.54) is 11.3 Å². The second-order valence-electron chi connectivity index (χ2n) is 5.53. The average Bonchev–Trinajstić information content (AvgIpc) is 2.93. The highest BCUT2D eigenvalue weighted by Crippen LogP contribution is 2.33. The number of hydrogen-bond donors (Lipinski definition) is 0. The standard InChI is InChI=1S/C17H15Br2NO2S/c18-13-10-14(23-16(13)19)17(22)20-8-6-12(7-9-20)15(21)11-4-2-1-3-5-11/h1-5,10,12H,6-9H2. The van der Waals surface area contributed by atoms with E-state index in [1.54, 1.807) is 0 Å². The van der Waals surface area contributed by atoms with Crippen LogP contribution in [0, 0.1) is 5.92 Å².